The van der Waals surface area contributed by atoms with Gasteiger partial charge in [0.2, 0.25) is 0 Å². The molecule has 3 N–H and O–H groups in total. The molecule has 1 aromatic heterocycles. The monoisotopic (exact) mass is 487 g/mol. The van der Waals surface area contributed by atoms with E-state index in [4.69, 9.17) is 17.3 Å². The molecule has 3 aromatic rings. The summed E-state index contributed by atoms with van der Waals surface area (Å²) in [5.74, 6) is -0.0976. The Bertz CT molecular complexity index is 931. The Balaban J connectivity index is 0.00000225. The van der Waals surface area contributed by atoms with Crippen molar-refractivity contribution in [1.82, 2.24) is 10.2 Å². The summed E-state index contributed by atoms with van der Waals surface area (Å²) in [6.45, 7) is 2.98. The number of likely N-dealkylation sites (N-methyl/N-ethyl adjacent to an activating group) is 1. The number of fused-ring (bicyclic) bond motifs is 1. The van der Waals surface area contributed by atoms with Gasteiger partial charge in [-0.3, -0.25) is 4.79 Å². The molecular weight excluding hydrogens is 461 g/mol. The first-order valence-electron chi connectivity index (χ1n) is 9.50. The third kappa shape index (κ3) is 7.12. The number of nitrogens with one attached hydrogen (secondary N) is 1. The van der Waals surface area contributed by atoms with E-state index in [0.717, 1.165) is 41.6 Å². The van der Waals surface area contributed by atoms with Crippen LogP contribution in [0.2, 0.25) is 5.02 Å². The highest BCUT2D eigenvalue weighted by Crippen LogP contribution is 2.34. The highest BCUT2D eigenvalue weighted by atomic mass is 35.5. The average molecular weight is 489 g/mol. The topological polar surface area (TPSA) is 58.4 Å². The van der Waals surface area contributed by atoms with E-state index in [1.807, 2.05) is 24.3 Å². The van der Waals surface area contributed by atoms with Crippen LogP contribution in [-0.4, -0.2) is 37.5 Å². The van der Waals surface area contributed by atoms with Crippen molar-refractivity contribution in [3.63, 3.8) is 0 Å². The number of halogens is 3. The molecule has 0 fully saturated rings. The number of benzene rings is 2. The number of nitrogens with zero attached hydrogens (tertiary/aromatic N) is 1. The van der Waals surface area contributed by atoms with Crippen molar-refractivity contribution in [2.24, 2.45) is 5.73 Å². The van der Waals surface area contributed by atoms with E-state index in [-0.39, 0.29) is 30.7 Å². The lowest BCUT2D eigenvalue weighted by atomic mass is 10.1. The molecule has 0 atom stereocenters. The zero-order chi connectivity index (χ0) is 19.9. The molecule has 8 heteroatoms. The van der Waals surface area contributed by atoms with Crippen LogP contribution in [0.3, 0.4) is 0 Å². The van der Waals surface area contributed by atoms with Crippen LogP contribution in [0, 0.1) is 0 Å². The number of carbonyl (C=O) groups is 1. The van der Waals surface area contributed by atoms with Crippen molar-refractivity contribution in [2.45, 2.75) is 19.4 Å². The fourth-order valence-corrected chi connectivity index (χ4v) is 4.54. The molecule has 3 rings (SSSR count). The average Bonchev–Trinajstić information content (AvgIpc) is 3.05. The van der Waals surface area contributed by atoms with Crippen molar-refractivity contribution < 1.29 is 4.79 Å². The highest BCUT2D eigenvalue weighted by Gasteiger charge is 2.16. The van der Waals surface area contributed by atoms with Gasteiger partial charge in [-0.15, -0.1) is 36.2 Å². The highest BCUT2D eigenvalue weighted by molar-refractivity contribution is 7.21. The van der Waals surface area contributed by atoms with Gasteiger partial charge in [-0.1, -0.05) is 54.1 Å². The van der Waals surface area contributed by atoms with Crippen LogP contribution in [0.5, 0.6) is 0 Å². The molecule has 1 heterocycles. The molecule has 1 amide bonds. The Morgan fingerprint density at radius 1 is 1.07 bits per heavy atom. The minimum absolute atomic E-state index is 0. The molecule has 2 aromatic carbocycles. The Labute approximate surface area is 199 Å². The van der Waals surface area contributed by atoms with E-state index >= 15 is 0 Å². The first kappa shape index (κ1) is 26.7. The molecule has 0 aliphatic heterocycles. The molecule has 0 saturated carbocycles. The van der Waals surface area contributed by atoms with E-state index in [1.54, 1.807) is 0 Å². The molecule has 30 heavy (non-hydrogen) atoms. The summed E-state index contributed by atoms with van der Waals surface area (Å²) in [5, 5.41) is 4.47. The second-order valence-corrected chi connectivity index (χ2v) is 8.35. The molecule has 0 aliphatic carbocycles. The third-order valence-electron chi connectivity index (χ3n) is 4.78. The summed E-state index contributed by atoms with van der Waals surface area (Å²) in [5.41, 5.74) is 8.12. The van der Waals surface area contributed by atoms with Crippen LogP contribution >= 0.6 is 47.8 Å². The van der Waals surface area contributed by atoms with Gasteiger partial charge in [0.15, 0.2) is 0 Å². The van der Waals surface area contributed by atoms with Gasteiger partial charge in [-0.05, 0) is 43.6 Å². The van der Waals surface area contributed by atoms with E-state index in [9.17, 15) is 4.79 Å². The summed E-state index contributed by atoms with van der Waals surface area (Å²) in [6.07, 6.45) is 2.12. The van der Waals surface area contributed by atoms with Gasteiger partial charge < -0.3 is 16.0 Å². The quantitative estimate of drug-likeness (QED) is 0.438. The Hall–Kier alpha value is -1.34. The van der Waals surface area contributed by atoms with Gasteiger partial charge in [-0.25, -0.2) is 0 Å². The predicted octanol–water partition coefficient (Wildman–Crippen LogP) is 5.15. The maximum Gasteiger partial charge on any atom is 0.262 e. The van der Waals surface area contributed by atoms with Gasteiger partial charge in [-0.2, -0.15) is 0 Å². The van der Waals surface area contributed by atoms with E-state index in [1.165, 1.54) is 16.9 Å². The van der Waals surface area contributed by atoms with Gasteiger partial charge in [0, 0.05) is 29.7 Å². The fourth-order valence-electron chi connectivity index (χ4n) is 3.11. The maximum absolute atomic E-state index is 12.5. The first-order chi connectivity index (χ1) is 13.6. The third-order valence-corrected chi connectivity index (χ3v) is 6.46. The van der Waals surface area contributed by atoms with Crippen LogP contribution in [0.1, 0.15) is 27.2 Å². The Morgan fingerprint density at radius 2 is 1.73 bits per heavy atom. The number of aryl methyl sites for hydroxylation is 1. The van der Waals surface area contributed by atoms with E-state index < -0.39 is 0 Å². The van der Waals surface area contributed by atoms with Gasteiger partial charge in [0.25, 0.3) is 5.91 Å². The van der Waals surface area contributed by atoms with Crippen LogP contribution < -0.4 is 11.1 Å². The Morgan fingerprint density at radius 3 is 2.40 bits per heavy atom. The smallest absolute Gasteiger partial charge is 0.262 e. The summed E-state index contributed by atoms with van der Waals surface area (Å²) in [6, 6.07) is 16.3. The molecule has 0 unspecified atom stereocenters. The molecule has 164 valence electrons. The molecule has 0 saturated heterocycles. The lowest BCUT2D eigenvalue weighted by molar-refractivity contribution is 0.0954. The minimum atomic E-state index is -0.0976. The lowest BCUT2D eigenvalue weighted by Crippen LogP contribution is -2.33. The van der Waals surface area contributed by atoms with Crippen molar-refractivity contribution >= 4 is 63.7 Å². The molecule has 0 aliphatic rings. The lowest BCUT2D eigenvalue weighted by Gasteiger charge is -2.16. The summed E-state index contributed by atoms with van der Waals surface area (Å²) in [4.78, 5) is 15.3. The van der Waals surface area contributed by atoms with Crippen LogP contribution in [0.15, 0.2) is 48.5 Å². The predicted molar refractivity (Wildman–Crippen MR) is 134 cm³/mol. The number of amides is 1. The summed E-state index contributed by atoms with van der Waals surface area (Å²) < 4.78 is 1.04. The number of carbonyl (C=O) groups excluding carboxylic acids is 1. The number of hydrogen-bond donors (Lipinski definition) is 2. The zero-order valence-electron chi connectivity index (χ0n) is 16.9. The van der Waals surface area contributed by atoms with Crippen LogP contribution in [-0.2, 0) is 13.0 Å². The van der Waals surface area contributed by atoms with Crippen molar-refractivity contribution in [2.75, 3.05) is 26.7 Å². The SMILES string of the molecule is CN(CCCc1ccc(CN)cc1)CCNC(=O)c1sc2ccccc2c1Cl.Cl.Cl. The number of hydrogen-bond acceptors (Lipinski definition) is 4. The minimum Gasteiger partial charge on any atom is -0.350 e. The van der Waals surface area contributed by atoms with Crippen molar-refractivity contribution in [1.29, 1.82) is 0 Å². The zero-order valence-corrected chi connectivity index (χ0v) is 20.1. The van der Waals surface area contributed by atoms with E-state index in [2.05, 4.69) is 41.5 Å². The maximum atomic E-state index is 12.5. The van der Waals surface area contributed by atoms with Crippen molar-refractivity contribution in [3.05, 3.63) is 69.6 Å². The van der Waals surface area contributed by atoms with Gasteiger partial charge in [0.1, 0.15) is 4.88 Å². The molecule has 0 spiro atoms. The molecule has 0 bridgehead atoms. The van der Waals surface area contributed by atoms with Crippen molar-refractivity contribution in [3.8, 4) is 0 Å². The first-order valence-corrected chi connectivity index (χ1v) is 10.7. The Kier molecular flexibility index (Phi) is 11.7. The van der Waals surface area contributed by atoms with E-state index in [0.29, 0.717) is 23.0 Å². The van der Waals surface area contributed by atoms with Crippen LogP contribution in [0.25, 0.3) is 10.1 Å². The number of rotatable bonds is 9. The number of thiophene rings is 1. The normalized spacial score (nSPS) is 10.5. The summed E-state index contributed by atoms with van der Waals surface area (Å²) >= 11 is 7.81. The largest absolute Gasteiger partial charge is 0.350 e. The molecule has 4 nitrogen and oxygen atoms in total. The molecular formula is C22H28Cl3N3OS. The standard InChI is InChI=1S/C22H26ClN3OS.2ClH/c1-26(13-4-5-16-8-10-17(15-24)11-9-16)14-12-25-22(27)21-20(23)18-6-2-3-7-19(18)28-21;;/h2-3,6-11H,4-5,12-15,24H2,1H3,(H,25,27);2*1H. The summed E-state index contributed by atoms with van der Waals surface area (Å²) in [7, 11) is 2.08. The second kappa shape index (κ2) is 13.2. The van der Waals surface area contributed by atoms with Gasteiger partial charge in [0.05, 0.1) is 5.02 Å². The van der Waals surface area contributed by atoms with Crippen LogP contribution in [0.4, 0.5) is 0 Å². The number of nitrogens with two attached hydrogens (primary N) is 1. The molecule has 0 radical (unpaired) electrons. The van der Waals surface area contributed by atoms with Gasteiger partial charge >= 0.3 is 0 Å². The second-order valence-electron chi connectivity index (χ2n) is 6.92. The fraction of sp³-hybridized carbons (Fsp3) is 0.318.